The molecule has 0 aromatic heterocycles. The highest BCUT2D eigenvalue weighted by Gasteiger charge is 2.29. The van der Waals surface area contributed by atoms with Crippen LogP contribution in [0.3, 0.4) is 0 Å². The zero-order chi connectivity index (χ0) is 14.0. The summed E-state index contributed by atoms with van der Waals surface area (Å²) < 4.78 is 13.7. The summed E-state index contributed by atoms with van der Waals surface area (Å²) in [4.78, 5) is 2.44. The molecule has 1 N–H and O–H groups in total. The van der Waals surface area contributed by atoms with Gasteiger partial charge >= 0.3 is 0 Å². The van der Waals surface area contributed by atoms with Crippen LogP contribution in [-0.4, -0.2) is 30.6 Å². The summed E-state index contributed by atoms with van der Waals surface area (Å²) in [5.41, 5.74) is 1.11. The third-order valence-electron chi connectivity index (χ3n) is 3.98. The van der Waals surface area contributed by atoms with E-state index in [9.17, 15) is 4.39 Å². The van der Waals surface area contributed by atoms with E-state index < -0.39 is 0 Å². The monoisotopic (exact) mass is 328 g/mol. The molecular formula is C15H22BrFN2. The number of rotatable bonds is 6. The van der Waals surface area contributed by atoms with E-state index >= 15 is 0 Å². The van der Waals surface area contributed by atoms with Crippen molar-refractivity contribution in [3.05, 3.63) is 34.1 Å². The summed E-state index contributed by atoms with van der Waals surface area (Å²) in [5.74, 6) is -0.210. The lowest BCUT2D eigenvalue weighted by molar-refractivity contribution is 0.237. The molecule has 4 heteroatoms. The molecule has 2 unspecified atom stereocenters. The molecular weight excluding hydrogens is 307 g/mol. The number of benzene rings is 1. The summed E-state index contributed by atoms with van der Waals surface area (Å²) >= 11 is 3.23. The molecule has 1 aliphatic rings. The van der Waals surface area contributed by atoms with E-state index in [1.54, 1.807) is 0 Å². The van der Waals surface area contributed by atoms with Gasteiger partial charge in [-0.2, -0.15) is 0 Å². The number of halogens is 2. The highest BCUT2D eigenvalue weighted by molar-refractivity contribution is 9.10. The maximum absolute atomic E-state index is 13.2. The first kappa shape index (κ1) is 14.9. The van der Waals surface area contributed by atoms with Gasteiger partial charge in [-0.15, -0.1) is 0 Å². The lowest BCUT2D eigenvalue weighted by atomic mass is 10.1. The van der Waals surface area contributed by atoms with Crippen molar-refractivity contribution in [1.82, 2.24) is 10.2 Å². The average Bonchev–Trinajstić information content (AvgIpc) is 3.22. The van der Waals surface area contributed by atoms with E-state index in [4.69, 9.17) is 0 Å². The van der Waals surface area contributed by atoms with E-state index in [0.29, 0.717) is 10.5 Å². The van der Waals surface area contributed by atoms with Crippen molar-refractivity contribution >= 4 is 15.9 Å². The first-order chi connectivity index (χ1) is 8.99. The molecule has 0 aliphatic heterocycles. The van der Waals surface area contributed by atoms with Crippen LogP contribution >= 0.6 is 15.9 Å². The quantitative estimate of drug-likeness (QED) is 0.856. The molecule has 1 aromatic rings. The predicted molar refractivity (Wildman–Crippen MR) is 80.8 cm³/mol. The van der Waals surface area contributed by atoms with E-state index in [1.807, 2.05) is 12.1 Å². The molecule has 0 spiro atoms. The second-order valence-corrected chi connectivity index (χ2v) is 6.40. The zero-order valence-corrected chi connectivity index (χ0v) is 13.4. The Hall–Kier alpha value is -0.450. The van der Waals surface area contributed by atoms with Crippen LogP contribution in [0.15, 0.2) is 22.7 Å². The molecule has 0 heterocycles. The highest BCUT2D eigenvalue weighted by atomic mass is 79.9. The Morgan fingerprint density at radius 3 is 2.68 bits per heavy atom. The Bertz CT molecular complexity index is 434. The van der Waals surface area contributed by atoms with Crippen LogP contribution in [-0.2, 0) is 0 Å². The molecule has 0 amide bonds. The normalized spacial score (nSPS) is 18.6. The van der Waals surface area contributed by atoms with Crippen LogP contribution in [0.25, 0.3) is 0 Å². The average molecular weight is 329 g/mol. The standard InChI is InChI=1S/C15H22BrFN2/c1-10(19(3)13-5-6-13)9-18-11(2)12-4-7-15(17)14(16)8-12/h4,7-8,10-11,13,18H,5-6,9H2,1-3H3. The molecule has 2 atom stereocenters. The van der Waals surface area contributed by atoms with Crippen molar-refractivity contribution in [2.24, 2.45) is 0 Å². The van der Waals surface area contributed by atoms with Gasteiger partial charge in [0.1, 0.15) is 5.82 Å². The van der Waals surface area contributed by atoms with Gasteiger partial charge in [-0.1, -0.05) is 6.07 Å². The van der Waals surface area contributed by atoms with Gasteiger partial charge in [0.15, 0.2) is 0 Å². The fourth-order valence-electron chi connectivity index (χ4n) is 2.23. The maximum Gasteiger partial charge on any atom is 0.137 e. The smallest absolute Gasteiger partial charge is 0.137 e. The highest BCUT2D eigenvalue weighted by Crippen LogP contribution is 2.27. The van der Waals surface area contributed by atoms with Crippen LogP contribution in [0.5, 0.6) is 0 Å². The molecule has 1 aliphatic carbocycles. The Balaban J connectivity index is 1.86. The summed E-state index contributed by atoms with van der Waals surface area (Å²) in [6.45, 7) is 5.31. The van der Waals surface area contributed by atoms with Gasteiger partial charge in [0.2, 0.25) is 0 Å². The molecule has 2 nitrogen and oxygen atoms in total. The molecule has 1 saturated carbocycles. The van der Waals surface area contributed by atoms with Crippen LogP contribution in [0.1, 0.15) is 38.3 Å². The van der Waals surface area contributed by atoms with Gasteiger partial charge in [0.25, 0.3) is 0 Å². The van der Waals surface area contributed by atoms with Crippen LogP contribution < -0.4 is 5.32 Å². The molecule has 0 saturated heterocycles. The largest absolute Gasteiger partial charge is 0.309 e. The van der Waals surface area contributed by atoms with Crippen LogP contribution in [0, 0.1) is 5.82 Å². The van der Waals surface area contributed by atoms with Crippen molar-refractivity contribution in [3.8, 4) is 0 Å². The van der Waals surface area contributed by atoms with Gasteiger partial charge in [-0.3, -0.25) is 4.90 Å². The van der Waals surface area contributed by atoms with Crippen molar-refractivity contribution in [3.63, 3.8) is 0 Å². The SMILES string of the molecule is CC(NCC(C)N(C)C1CC1)c1ccc(F)c(Br)c1. The van der Waals surface area contributed by atoms with Crippen molar-refractivity contribution in [2.45, 2.75) is 44.8 Å². The second kappa shape index (κ2) is 6.33. The Labute approximate surface area is 123 Å². The van der Waals surface area contributed by atoms with E-state index in [2.05, 4.69) is 47.0 Å². The number of hydrogen-bond acceptors (Lipinski definition) is 2. The molecule has 0 radical (unpaired) electrons. The predicted octanol–water partition coefficient (Wildman–Crippen LogP) is 3.72. The van der Waals surface area contributed by atoms with Gasteiger partial charge in [-0.05, 0) is 67.4 Å². The van der Waals surface area contributed by atoms with E-state index in [-0.39, 0.29) is 11.9 Å². The van der Waals surface area contributed by atoms with Gasteiger partial charge in [0, 0.05) is 24.7 Å². The summed E-state index contributed by atoms with van der Waals surface area (Å²) in [6.07, 6.45) is 2.67. The third-order valence-corrected chi connectivity index (χ3v) is 4.59. The summed E-state index contributed by atoms with van der Waals surface area (Å²) in [5, 5.41) is 3.52. The van der Waals surface area contributed by atoms with Gasteiger partial charge in [-0.25, -0.2) is 4.39 Å². The molecule has 106 valence electrons. The van der Waals surface area contributed by atoms with Crippen LogP contribution in [0.2, 0.25) is 0 Å². The van der Waals surface area contributed by atoms with E-state index in [0.717, 1.165) is 18.2 Å². The molecule has 0 bridgehead atoms. The molecule has 2 rings (SSSR count). The van der Waals surface area contributed by atoms with Gasteiger partial charge < -0.3 is 5.32 Å². The fraction of sp³-hybridized carbons (Fsp3) is 0.600. The first-order valence-electron chi connectivity index (χ1n) is 6.89. The second-order valence-electron chi connectivity index (χ2n) is 5.55. The van der Waals surface area contributed by atoms with Gasteiger partial charge in [0.05, 0.1) is 4.47 Å². The fourth-order valence-corrected chi connectivity index (χ4v) is 2.63. The summed E-state index contributed by atoms with van der Waals surface area (Å²) in [6, 6.07) is 6.74. The number of likely N-dealkylation sites (N-methyl/N-ethyl adjacent to an activating group) is 1. The first-order valence-corrected chi connectivity index (χ1v) is 7.68. The molecule has 1 aromatic carbocycles. The van der Waals surface area contributed by atoms with Crippen molar-refractivity contribution < 1.29 is 4.39 Å². The topological polar surface area (TPSA) is 15.3 Å². The van der Waals surface area contributed by atoms with Crippen molar-refractivity contribution in [1.29, 1.82) is 0 Å². The lowest BCUT2D eigenvalue weighted by Gasteiger charge is -2.26. The maximum atomic E-state index is 13.2. The number of hydrogen-bond donors (Lipinski definition) is 1. The van der Waals surface area contributed by atoms with Crippen LogP contribution in [0.4, 0.5) is 4.39 Å². The minimum atomic E-state index is -0.210. The zero-order valence-electron chi connectivity index (χ0n) is 11.8. The Morgan fingerprint density at radius 2 is 2.11 bits per heavy atom. The molecule has 1 fully saturated rings. The Morgan fingerprint density at radius 1 is 1.42 bits per heavy atom. The van der Waals surface area contributed by atoms with E-state index in [1.165, 1.54) is 18.9 Å². The van der Waals surface area contributed by atoms with Crippen molar-refractivity contribution in [2.75, 3.05) is 13.6 Å². The minimum absolute atomic E-state index is 0.210. The number of nitrogens with one attached hydrogen (secondary N) is 1. The molecule has 19 heavy (non-hydrogen) atoms. The third kappa shape index (κ3) is 4.01. The minimum Gasteiger partial charge on any atom is -0.309 e. The number of nitrogens with zero attached hydrogens (tertiary/aromatic N) is 1. The summed E-state index contributed by atoms with van der Waals surface area (Å²) in [7, 11) is 2.20. The Kier molecular flexibility index (Phi) is 4.98. The lowest BCUT2D eigenvalue weighted by Crippen LogP contribution is -2.39.